The molecule has 27 heavy (non-hydrogen) atoms. The highest BCUT2D eigenvalue weighted by atomic mass is 28.3. The molecule has 0 atom stereocenters. The van der Waals surface area contributed by atoms with Crippen molar-refractivity contribution in [3.05, 3.63) is 22.2 Å². The summed E-state index contributed by atoms with van der Waals surface area (Å²) in [4.78, 5) is 32.8. The number of ether oxygens (including phenoxy) is 1. The molecule has 0 unspecified atom stereocenters. The Kier molecular flexibility index (Phi) is 7.57. The van der Waals surface area contributed by atoms with Gasteiger partial charge in [-0.15, -0.1) is 0 Å². The number of carbonyl (C=O) groups is 1. The second-order valence-electron chi connectivity index (χ2n) is 8.24. The van der Waals surface area contributed by atoms with E-state index in [1.807, 2.05) is 0 Å². The Bertz CT molecular complexity index is 702. The van der Waals surface area contributed by atoms with Gasteiger partial charge in [0.05, 0.1) is 12.2 Å². The molecule has 2 rings (SSSR count). The first-order valence-corrected chi connectivity index (χ1v) is 13.2. The van der Waals surface area contributed by atoms with Gasteiger partial charge in [0.2, 0.25) is 5.91 Å². The summed E-state index contributed by atoms with van der Waals surface area (Å²) in [6, 6.07) is 1.03. The zero-order valence-corrected chi connectivity index (χ0v) is 17.9. The van der Waals surface area contributed by atoms with Gasteiger partial charge in [0, 0.05) is 47.6 Å². The Labute approximate surface area is 161 Å². The summed E-state index contributed by atoms with van der Waals surface area (Å²) in [5.74, 6) is 0.266. The molecule has 8 nitrogen and oxygen atoms in total. The van der Waals surface area contributed by atoms with Gasteiger partial charge in [-0.3, -0.25) is 14.2 Å². The highest BCUT2D eigenvalue weighted by Gasteiger charge is 2.25. The lowest BCUT2D eigenvalue weighted by Gasteiger charge is -2.32. The molecule has 0 spiro atoms. The lowest BCUT2D eigenvalue weighted by Crippen LogP contribution is -2.50. The lowest BCUT2D eigenvalue weighted by atomic mass is 10.2. The highest BCUT2D eigenvalue weighted by molar-refractivity contribution is 6.76. The zero-order valence-electron chi connectivity index (χ0n) is 16.9. The highest BCUT2D eigenvalue weighted by Crippen LogP contribution is 2.12. The molecular formula is C18H32N4O4Si. The quantitative estimate of drug-likeness (QED) is 0.490. The molecule has 9 heteroatoms. The zero-order chi connectivity index (χ0) is 20.0. The Morgan fingerprint density at radius 1 is 1.26 bits per heavy atom. The van der Waals surface area contributed by atoms with E-state index < -0.39 is 8.07 Å². The fraction of sp³-hybridized carbons (Fsp3) is 0.722. The second kappa shape index (κ2) is 9.47. The summed E-state index contributed by atoms with van der Waals surface area (Å²) < 4.78 is 7.27. The van der Waals surface area contributed by atoms with Crippen molar-refractivity contribution >= 4 is 19.8 Å². The number of aliphatic hydroxyl groups is 1. The van der Waals surface area contributed by atoms with Crippen LogP contribution in [0, 0.1) is 0 Å². The third-order valence-electron chi connectivity index (χ3n) is 4.58. The number of aryl methyl sites for hydroxylation is 1. The predicted octanol–water partition coefficient (Wildman–Crippen LogP) is 0.759. The van der Waals surface area contributed by atoms with Crippen molar-refractivity contribution in [2.24, 2.45) is 0 Å². The van der Waals surface area contributed by atoms with E-state index >= 15 is 0 Å². The Morgan fingerprint density at radius 2 is 2.00 bits per heavy atom. The minimum Gasteiger partial charge on any atom is -0.396 e. The third kappa shape index (κ3) is 6.44. The van der Waals surface area contributed by atoms with Crippen LogP contribution in [0.15, 0.2) is 11.0 Å². The number of piperazine rings is 1. The SMILES string of the molecule is CN1CCN(c2nc(CCCO)cn(COCC[Si](C)(C)C)c2=O)CC1=O. The van der Waals surface area contributed by atoms with Crippen LogP contribution in [0.5, 0.6) is 0 Å². The molecule has 0 saturated carbocycles. The fourth-order valence-corrected chi connectivity index (χ4v) is 3.50. The number of nitrogens with zero attached hydrogens (tertiary/aromatic N) is 4. The number of rotatable bonds is 9. The van der Waals surface area contributed by atoms with Crippen LogP contribution < -0.4 is 10.5 Å². The molecule has 0 aromatic carbocycles. The number of hydrogen-bond donors (Lipinski definition) is 1. The van der Waals surface area contributed by atoms with E-state index in [1.165, 1.54) is 4.57 Å². The number of aliphatic hydroxyl groups excluding tert-OH is 1. The number of likely N-dealkylation sites (N-methyl/N-ethyl adjacent to an activating group) is 1. The fourth-order valence-electron chi connectivity index (χ4n) is 2.74. The normalized spacial score (nSPS) is 15.5. The minimum absolute atomic E-state index is 0.0267. The summed E-state index contributed by atoms with van der Waals surface area (Å²) >= 11 is 0. The van der Waals surface area contributed by atoms with Crippen molar-refractivity contribution < 1.29 is 14.6 Å². The van der Waals surface area contributed by atoms with E-state index in [4.69, 9.17) is 9.84 Å². The van der Waals surface area contributed by atoms with Crippen molar-refractivity contribution in [1.29, 1.82) is 0 Å². The van der Waals surface area contributed by atoms with Crippen molar-refractivity contribution in [1.82, 2.24) is 14.5 Å². The summed E-state index contributed by atoms with van der Waals surface area (Å²) in [6.07, 6.45) is 2.84. The molecule has 0 radical (unpaired) electrons. The van der Waals surface area contributed by atoms with E-state index in [0.29, 0.717) is 38.4 Å². The van der Waals surface area contributed by atoms with Gasteiger partial charge in [0.1, 0.15) is 6.73 Å². The molecule has 1 amide bonds. The maximum absolute atomic E-state index is 12.9. The molecule has 1 aliphatic heterocycles. The summed E-state index contributed by atoms with van der Waals surface area (Å²) in [6.45, 7) is 9.00. The minimum atomic E-state index is -1.19. The molecule has 0 bridgehead atoms. The van der Waals surface area contributed by atoms with Gasteiger partial charge in [-0.25, -0.2) is 4.98 Å². The second-order valence-corrected chi connectivity index (χ2v) is 13.9. The van der Waals surface area contributed by atoms with Gasteiger partial charge >= 0.3 is 0 Å². The van der Waals surface area contributed by atoms with E-state index in [1.54, 1.807) is 23.0 Å². The first-order valence-electron chi connectivity index (χ1n) is 9.49. The molecule has 1 aromatic heterocycles. The van der Waals surface area contributed by atoms with E-state index in [0.717, 1.165) is 11.7 Å². The van der Waals surface area contributed by atoms with E-state index in [-0.39, 0.29) is 31.3 Å². The first-order chi connectivity index (χ1) is 12.7. The van der Waals surface area contributed by atoms with Crippen LogP contribution in [-0.2, 0) is 22.7 Å². The summed E-state index contributed by atoms with van der Waals surface area (Å²) in [7, 11) is 0.567. The van der Waals surface area contributed by atoms with Crippen molar-refractivity contribution in [2.75, 3.05) is 44.8 Å². The molecule has 1 saturated heterocycles. The average Bonchev–Trinajstić information content (AvgIpc) is 2.60. The Morgan fingerprint density at radius 3 is 2.63 bits per heavy atom. The van der Waals surface area contributed by atoms with Gasteiger partial charge in [-0.2, -0.15) is 0 Å². The van der Waals surface area contributed by atoms with E-state index in [9.17, 15) is 9.59 Å². The number of anilines is 1. The smallest absolute Gasteiger partial charge is 0.295 e. The van der Waals surface area contributed by atoms with Crippen LogP contribution >= 0.6 is 0 Å². The van der Waals surface area contributed by atoms with Gasteiger partial charge in [0.25, 0.3) is 5.56 Å². The molecule has 1 N–H and O–H groups in total. The van der Waals surface area contributed by atoms with Crippen LogP contribution in [0.25, 0.3) is 0 Å². The predicted molar refractivity (Wildman–Crippen MR) is 108 cm³/mol. The van der Waals surface area contributed by atoms with Crippen LogP contribution in [0.4, 0.5) is 5.82 Å². The molecule has 152 valence electrons. The number of carbonyl (C=O) groups excluding carboxylic acids is 1. The maximum atomic E-state index is 12.9. The van der Waals surface area contributed by atoms with Gasteiger partial charge < -0.3 is 19.6 Å². The summed E-state index contributed by atoms with van der Waals surface area (Å²) in [5, 5.41) is 9.11. The average molecular weight is 397 g/mol. The molecule has 1 aliphatic rings. The number of amides is 1. The van der Waals surface area contributed by atoms with Crippen molar-refractivity contribution in [3.8, 4) is 0 Å². The standard InChI is InChI=1S/C18H32N4O4Si/c1-20-7-8-21(13-16(20)24)17-18(25)22(12-15(19-17)6-5-9-23)14-26-10-11-27(2,3)4/h12,23H,5-11,13-14H2,1-4H3. The van der Waals surface area contributed by atoms with Crippen LogP contribution in [0.2, 0.25) is 25.7 Å². The van der Waals surface area contributed by atoms with Crippen LogP contribution in [-0.4, -0.2) is 73.4 Å². The van der Waals surface area contributed by atoms with Crippen LogP contribution in [0.1, 0.15) is 12.1 Å². The maximum Gasteiger partial charge on any atom is 0.295 e. The van der Waals surface area contributed by atoms with E-state index in [2.05, 4.69) is 24.6 Å². The molecule has 0 aliphatic carbocycles. The van der Waals surface area contributed by atoms with Gasteiger partial charge in [0.15, 0.2) is 5.82 Å². The molecule has 1 aromatic rings. The Hall–Kier alpha value is -1.71. The molecule has 2 heterocycles. The molecule has 1 fully saturated rings. The van der Waals surface area contributed by atoms with Crippen molar-refractivity contribution in [2.45, 2.75) is 45.3 Å². The van der Waals surface area contributed by atoms with Gasteiger partial charge in [-0.05, 0) is 18.9 Å². The number of aromatic nitrogens is 2. The Balaban J connectivity index is 2.19. The third-order valence-corrected chi connectivity index (χ3v) is 6.29. The molecular weight excluding hydrogens is 364 g/mol. The first kappa shape index (κ1) is 21.6. The topological polar surface area (TPSA) is 87.9 Å². The monoisotopic (exact) mass is 396 g/mol. The number of hydrogen-bond acceptors (Lipinski definition) is 6. The van der Waals surface area contributed by atoms with Crippen molar-refractivity contribution in [3.63, 3.8) is 0 Å². The van der Waals surface area contributed by atoms with Gasteiger partial charge in [-0.1, -0.05) is 19.6 Å². The summed E-state index contributed by atoms with van der Waals surface area (Å²) in [5.41, 5.74) is 0.479. The largest absolute Gasteiger partial charge is 0.396 e. The van der Waals surface area contributed by atoms with Crippen LogP contribution in [0.3, 0.4) is 0 Å². The lowest BCUT2D eigenvalue weighted by molar-refractivity contribution is -0.129.